The Bertz CT molecular complexity index is 1450. The second-order valence-electron chi connectivity index (χ2n) is 10.7. The second-order valence-corrected chi connectivity index (χ2v) is 10.7. The van der Waals surface area contributed by atoms with Crippen LogP contribution in [0.2, 0.25) is 0 Å². The summed E-state index contributed by atoms with van der Waals surface area (Å²) >= 11 is 0. The maximum atomic E-state index is 13.6. The van der Waals surface area contributed by atoms with Crippen molar-refractivity contribution in [2.75, 3.05) is 41.8 Å². The van der Waals surface area contributed by atoms with E-state index in [-0.39, 0.29) is 29.3 Å². The van der Waals surface area contributed by atoms with Gasteiger partial charge in [-0.25, -0.2) is 9.97 Å². The molecule has 0 unspecified atom stereocenters. The van der Waals surface area contributed by atoms with Crippen LogP contribution in [0.1, 0.15) is 59.3 Å². The zero-order valence-corrected chi connectivity index (χ0v) is 23.3. The lowest BCUT2D eigenvalue weighted by atomic mass is 9.90. The molecule has 2 aromatic carbocycles. The van der Waals surface area contributed by atoms with Crippen LogP contribution in [0.25, 0.3) is 0 Å². The lowest BCUT2D eigenvalue weighted by molar-refractivity contribution is -0.143. The summed E-state index contributed by atoms with van der Waals surface area (Å²) < 4.78 is 127. The van der Waals surface area contributed by atoms with Crippen LogP contribution < -0.4 is 15.5 Å². The van der Waals surface area contributed by atoms with E-state index in [0.717, 1.165) is 12.1 Å². The Labute approximate surface area is 246 Å². The highest BCUT2D eigenvalue weighted by atomic mass is 19.4. The van der Waals surface area contributed by atoms with Gasteiger partial charge >= 0.3 is 18.5 Å². The number of nitrogens with zero attached hydrogens (tertiary/aromatic N) is 3. The van der Waals surface area contributed by atoms with Gasteiger partial charge in [0, 0.05) is 31.2 Å². The van der Waals surface area contributed by atoms with Gasteiger partial charge in [-0.05, 0) is 60.4 Å². The van der Waals surface area contributed by atoms with Crippen LogP contribution in [-0.2, 0) is 29.7 Å². The normalized spacial score (nSPS) is 19.4. The average molecular weight is 634 g/mol. The molecule has 1 fully saturated rings. The van der Waals surface area contributed by atoms with E-state index in [0.29, 0.717) is 68.2 Å². The Hall–Kier alpha value is -3.75. The van der Waals surface area contributed by atoms with Crippen molar-refractivity contribution in [1.29, 1.82) is 0 Å². The molecule has 2 aliphatic heterocycles. The lowest BCUT2D eigenvalue weighted by Crippen LogP contribution is -2.37. The summed E-state index contributed by atoms with van der Waals surface area (Å²) in [6.07, 6.45) is -12.6. The second kappa shape index (κ2) is 12.0. The summed E-state index contributed by atoms with van der Waals surface area (Å²) in [5, 5.41) is 6.30. The van der Waals surface area contributed by atoms with Crippen molar-refractivity contribution >= 4 is 17.3 Å². The molecule has 1 aromatic heterocycles. The summed E-state index contributed by atoms with van der Waals surface area (Å²) in [4.78, 5) is 10.7. The van der Waals surface area contributed by atoms with Crippen molar-refractivity contribution in [3.8, 4) is 0 Å². The van der Waals surface area contributed by atoms with Crippen LogP contribution in [0, 0.1) is 0 Å². The molecule has 0 saturated carbocycles. The molecule has 0 aliphatic carbocycles. The van der Waals surface area contributed by atoms with Crippen LogP contribution in [0.5, 0.6) is 0 Å². The van der Waals surface area contributed by atoms with Gasteiger partial charge in [0.05, 0.1) is 53.5 Å². The molecule has 3 aromatic rings. The lowest BCUT2D eigenvalue weighted by Gasteiger charge is -2.34. The van der Waals surface area contributed by atoms with Gasteiger partial charge in [0.1, 0.15) is 0 Å². The number of ether oxygens (including phenoxy) is 1. The molecule has 1 saturated heterocycles. The highest BCUT2D eigenvalue weighted by molar-refractivity contribution is 5.60. The minimum Gasteiger partial charge on any atom is -0.382 e. The predicted octanol–water partition coefficient (Wildman–Crippen LogP) is 7.71. The van der Waals surface area contributed by atoms with Crippen molar-refractivity contribution in [2.24, 2.45) is 0 Å². The number of aromatic nitrogens is 2. The fraction of sp³-hybridized carbons (Fsp3) is 0.448. The number of hydrogen-bond donors (Lipinski definition) is 2. The molecule has 0 radical (unpaired) electrons. The Morgan fingerprint density at radius 1 is 0.886 bits per heavy atom. The molecule has 2 aliphatic rings. The van der Waals surface area contributed by atoms with E-state index in [2.05, 4.69) is 20.6 Å². The highest BCUT2D eigenvalue weighted by Gasteiger charge is 2.37. The molecular formula is C29H28F9N5O. The predicted molar refractivity (Wildman–Crippen MR) is 144 cm³/mol. The molecule has 44 heavy (non-hydrogen) atoms. The average Bonchev–Trinajstić information content (AvgIpc) is 2.96. The van der Waals surface area contributed by atoms with E-state index >= 15 is 0 Å². The van der Waals surface area contributed by atoms with Crippen LogP contribution in [-0.4, -0.2) is 42.3 Å². The van der Waals surface area contributed by atoms with Crippen molar-refractivity contribution < 1.29 is 44.3 Å². The van der Waals surface area contributed by atoms with Gasteiger partial charge < -0.3 is 20.3 Å². The zero-order valence-electron chi connectivity index (χ0n) is 23.3. The third kappa shape index (κ3) is 7.13. The number of anilines is 3. The van der Waals surface area contributed by atoms with E-state index in [9.17, 15) is 39.5 Å². The van der Waals surface area contributed by atoms with Crippen molar-refractivity contribution in [3.63, 3.8) is 0 Å². The maximum absolute atomic E-state index is 13.6. The number of benzene rings is 2. The van der Waals surface area contributed by atoms with Gasteiger partial charge in [-0.1, -0.05) is 6.92 Å². The monoisotopic (exact) mass is 633 g/mol. The molecule has 0 amide bonds. The van der Waals surface area contributed by atoms with Crippen molar-refractivity contribution in [3.05, 3.63) is 76.1 Å². The quantitative estimate of drug-likeness (QED) is 0.271. The maximum Gasteiger partial charge on any atom is 0.416 e. The third-order valence-electron chi connectivity index (χ3n) is 7.65. The topological polar surface area (TPSA) is 62.3 Å². The molecular weight excluding hydrogens is 605 g/mol. The zero-order chi connectivity index (χ0) is 31.9. The first kappa shape index (κ1) is 31.7. The van der Waals surface area contributed by atoms with E-state index in [1.165, 1.54) is 12.3 Å². The third-order valence-corrected chi connectivity index (χ3v) is 7.65. The minimum absolute atomic E-state index is 0.0230. The Balaban J connectivity index is 1.54. The smallest absolute Gasteiger partial charge is 0.382 e. The van der Waals surface area contributed by atoms with Crippen molar-refractivity contribution in [1.82, 2.24) is 9.97 Å². The van der Waals surface area contributed by atoms with Crippen LogP contribution >= 0.6 is 0 Å². The summed E-state index contributed by atoms with van der Waals surface area (Å²) in [5.41, 5.74) is -2.60. The van der Waals surface area contributed by atoms with Gasteiger partial charge in [-0.15, -0.1) is 0 Å². The first-order valence-electron chi connectivity index (χ1n) is 13.8. The molecule has 0 bridgehead atoms. The Morgan fingerprint density at radius 2 is 1.52 bits per heavy atom. The first-order valence-corrected chi connectivity index (χ1v) is 13.8. The fourth-order valence-corrected chi connectivity index (χ4v) is 5.40. The summed E-state index contributed by atoms with van der Waals surface area (Å²) in [6, 6.07) is 4.00. The summed E-state index contributed by atoms with van der Waals surface area (Å²) in [6.45, 7) is 3.37. The van der Waals surface area contributed by atoms with Crippen molar-refractivity contribution in [2.45, 2.75) is 56.8 Å². The first-order chi connectivity index (χ1) is 20.6. The van der Waals surface area contributed by atoms with Gasteiger partial charge in [-0.3, -0.25) is 0 Å². The van der Waals surface area contributed by atoms with Gasteiger partial charge in [0.25, 0.3) is 0 Å². The molecule has 238 valence electrons. The van der Waals surface area contributed by atoms with Gasteiger partial charge in [0.2, 0.25) is 5.95 Å². The molecule has 0 spiro atoms. The molecule has 2 N–H and O–H groups in total. The van der Waals surface area contributed by atoms with E-state index in [1.54, 1.807) is 0 Å². The minimum atomic E-state index is -5.02. The Kier molecular flexibility index (Phi) is 8.62. The standard InChI is InChI=1S/C29H28F9N5O/c1-2-20-14-23(21-13-17(27(30,31)32)3-4-22(21)40-20)41-26-39-15-25(43-5-7-44-8-6-43)24(42-26)11-16-9-18(28(33,34)35)12-19(10-16)29(36,37)38/h3-4,9-10,12-13,15,20,23,40H,2,5-8,11,14H2,1H3,(H,39,41,42)/t20-,23+/m1/s1. The molecule has 2 atom stereocenters. The number of nitrogens with one attached hydrogen (secondary N) is 2. The fourth-order valence-electron chi connectivity index (χ4n) is 5.40. The largest absolute Gasteiger partial charge is 0.416 e. The molecule has 6 nitrogen and oxygen atoms in total. The van der Waals surface area contributed by atoms with Crippen LogP contribution in [0.15, 0.2) is 42.6 Å². The van der Waals surface area contributed by atoms with E-state index in [1.807, 2.05) is 11.8 Å². The number of fused-ring (bicyclic) bond motifs is 1. The van der Waals surface area contributed by atoms with Crippen LogP contribution in [0.3, 0.4) is 0 Å². The number of halogens is 9. The number of hydrogen-bond acceptors (Lipinski definition) is 6. The van der Waals surface area contributed by atoms with E-state index in [4.69, 9.17) is 4.74 Å². The summed E-state index contributed by atoms with van der Waals surface area (Å²) in [7, 11) is 0. The Morgan fingerprint density at radius 3 is 2.11 bits per heavy atom. The van der Waals surface area contributed by atoms with Gasteiger partial charge in [0.15, 0.2) is 0 Å². The number of rotatable bonds is 6. The molecule has 5 rings (SSSR count). The summed E-state index contributed by atoms with van der Waals surface area (Å²) in [5.74, 6) is -0.0230. The van der Waals surface area contributed by atoms with Gasteiger partial charge in [-0.2, -0.15) is 39.5 Å². The molecule has 15 heteroatoms. The van der Waals surface area contributed by atoms with E-state index < -0.39 is 47.7 Å². The number of alkyl halides is 9. The number of morpholine rings is 1. The molecule has 3 heterocycles. The highest BCUT2D eigenvalue weighted by Crippen LogP contribution is 2.40. The van der Waals surface area contributed by atoms with Crippen LogP contribution in [0.4, 0.5) is 56.8 Å². The SMILES string of the molecule is CC[C@@H]1C[C@H](Nc2ncc(N3CCOCC3)c(Cc3cc(C(F)(F)F)cc(C(F)(F)F)c3)n2)c2cc(C(F)(F)F)ccc2N1.